The number of hydrogen-bond acceptors (Lipinski definition) is 13. The van der Waals surface area contributed by atoms with Gasteiger partial charge in [0.1, 0.15) is 0 Å². The molecule has 2 atom stereocenters. The number of nitrogens with one attached hydrogen (secondary N) is 3. The summed E-state index contributed by atoms with van der Waals surface area (Å²) in [5.74, 6) is -2.43. The summed E-state index contributed by atoms with van der Waals surface area (Å²) in [7, 11) is 0. The van der Waals surface area contributed by atoms with Crippen molar-refractivity contribution in [3.05, 3.63) is 42.0 Å². The van der Waals surface area contributed by atoms with Gasteiger partial charge in [-0.25, -0.2) is 4.79 Å². The van der Waals surface area contributed by atoms with Crippen molar-refractivity contribution in [3.8, 4) is 0 Å². The molecule has 1 aromatic carbocycles. The number of nitrogens with two attached hydrogens (primary N) is 1. The fourth-order valence-corrected chi connectivity index (χ4v) is 5.58. The highest BCUT2D eigenvalue weighted by atomic mass is 16.6. The van der Waals surface area contributed by atoms with Gasteiger partial charge < -0.3 is 54.8 Å². The molecule has 59 heavy (non-hydrogen) atoms. The minimum absolute atomic E-state index is 0.0546. The largest absolute Gasteiger partial charge is 0.379 e. The lowest BCUT2D eigenvalue weighted by atomic mass is 9.89. The summed E-state index contributed by atoms with van der Waals surface area (Å²) < 4.78 is 38.2. The summed E-state index contributed by atoms with van der Waals surface area (Å²) in [4.78, 5) is 74.6. The van der Waals surface area contributed by atoms with E-state index in [1.165, 1.54) is 12.2 Å². The first-order valence-electron chi connectivity index (χ1n) is 20.3. The Morgan fingerprint density at radius 3 is 1.63 bits per heavy atom. The van der Waals surface area contributed by atoms with Gasteiger partial charge in [0.2, 0.25) is 11.8 Å². The molecule has 2 rings (SSSR count). The van der Waals surface area contributed by atoms with Gasteiger partial charge in [-0.05, 0) is 42.9 Å². The zero-order chi connectivity index (χ0) is 43.1. The minimum Gasteiger partial charge on any atom is -0.379 e. The number of imide groups is 1. The molecule has 332 valence electrons. The number of carbonyl (C=O) groups excluding carboxylic acids is 6. The van der Waals surface area contributed by atoms with Gasteiger partial charge in [-0.1, -0.05) is 32.9 Å². The maximum Gasteiger partial charge on any atom is 0.312 e. The molecular weight excluding hydrogens is 770 g/mol. The highest BCUT2D eigenvalue weighted by Crippen LogP contribution is 2.19. The number of amides is 6. The summed E-state index contributed by atoms with van der Waals surface area (Å²) in [6, 6.07) is 6.06. The molecule has 0 aromatic heterocycles. The van der Waals surface area contributed by atoms with Crippen molar-refractivity contribution in [2.45, 2.75) is 58.9 Å². The number of aryl methyl sites for hydroxylation is 1. The number of ether oxygens (including phenoxy) is 7. The number of ketones is 1. The predicted octanol–water partition coefficient (Wildman–Crippen LogP) is 1.78. The van der Waals surface area contributed by atoms with E-state index < -0.39 is 18.0 Å². The maximum absolute atomic E-state index is 13.4. The lowest BCUT2D eigenvalue weighted by Gasteiger charge is -2.24. The van der Waals surface area contributed by atoms with Gasteiger partial charge >= 0.3 is 6.03 Å². The summed E-state index contributed by atoms with van der Waals surface area (Å²) in [5.41, 5.74) is 6.92. The van der Waals surface area contributed by atoms with Crippen LogP contribution in [0.5, 0.6) is 0 Å². The second kappa shape index (κ2) is 31.6. The molecule has 0 saturated carbocycles. The van der Waals surface area contributed by atoms with Crippen LogP contribution in [0, 0.1) is 11.8 Å². The van der Waals surface area contributed by atoms with Gasteiger partial charge in [-0.2, -0.15) is 0 Å². The van der Waals surface area contributed by atoms with Crippen LogP contribution in [-0.2, 0) is 63.6 Å². The Bertz CT molecular complexity index is 1410. The average Bonchev–Trinajstić information content (AvgIpc) is 3.53. The summed E-state index contributed by atoms with van der Waals surface area (Å²) >= 11 is 0. The van der Waals surface area contributed by atoms with E-state index in [4.69, 9.17) is 38.9 Å². The van der Waals surface area contributed by atoms with Gasteiger partial charge in [0.25, 0.3) is 11.8 Å². The van der Waals surface area contributed by atoms with Crippen LogP contribution in [0.4, 0.5) is 10.5 Å². The molecule has 18 heteroatoms. The third-order valence-electron chi connectivity index (χ3n) is 8.87. The molecule has 6 amide bonds. The van der Waals surface area contributed by atoms with E-state index in [9.17, 15) is 28.8 Å². The molecule has 0 bridgehead atoms. The average molecular weight is 836 g/mol. The molecule has 0 fully saturated rings. The molecule has 1 aliphatic heterocycles. The Hall–Kier alpha value is -4.30. The molecule has 1 heterocycles. The number of hydrogen-bond donors (Lipinski definition) is 4. The number of primary amides is 1. The van der Waals surface area contributed by atoms with E-state index in [0.717, 1.165) is 16.9 Å². The summed E-state index contributed by atoms with van der Waals surface area (Å²) in [6.07, 6.45) is 4.11. The van der Waals surface area contributed by atoms with Crippen molar-refractivity contribution in [1.29, 1.82) is 0 Å². The smallest absolute Gasteiger partial charge is 0.312 e. The highest BCUT2D eigenvalue weighted by molar-refractivity contribution is 6.12. The third-order valence-corrected chi connectivity index (χ3v) is 8.87. The van der Waals surface area contributed by atoms with Crippen LogP contribution in [-0.4, -0.2) is 152 Å². The van der Waals surface area contributed by atoms with Gasteiger partial charge in [-0.3, -0.25) is 28.9 Å². The predicted molar refractivity (Wildman–Crippen MR) is 217 cm³/mol. The van der Waals surface area contributed by atoms with Crippen molar-refractivity contribution < 1.29 is 61.9 Å². The number of Topliss-reactive ketones (excluding diaryl/α,β-unsaturated/α-hetero) is 1. The van der Waals surface area contributed by atoms with Crippen LogP contribution in [0.2, 0.25) is 0 Å². The molecule has 0 aliphatic carbocycles. The van der Waals surface area contributed by atoms with Crippen molar-refractivity contribution >= 4 is 41.1 Å². The zero-order valence-corrected chi connectivity index (χ0v) is 34.9. The second-order valence-electron chi connectivity index (χ2n) is 13.8. The second-order valence-corrected chi connectivity index (χ2v) is 13.8. The Balaban J connectivity index is 1.47. The quantitative estimate of drug-likeness (QED) is 0.0559. The molecule has 1 aliphatic rings. The fourth-order valence-electron chi connectivity index (χ4n) is 5.58. The molecule has 0 unspecified atom stereocenters. The number of rotatable bonds is 36. The number of benzene rings is 1. The van der Waals surface area contributed by atoms with Crippen LogP contribution in [0.3, 0.4) is 0 Å². The van der Waals surface area contributed by atoms with E-state index in [-0.39, 0.29) is 81.1 Å². The first-order valence-corrected chi connectivity index (χ1v) is 20.3. The topological polar surface area (TPSA) is 232 Å². The van der Waals surface area contributed by atoms with Crippen LogP contribution in [0.25, 0.3) is 0 Å². The highest BCUT2D eigenvalue weighted by Gasteiger charge is 2.29. The Labute approximate surface area is 347 Å². The maximum atomic E-state index is 13.4. The Morgan fingerprint density at radius 1 is 0.695 bits per heavy atom. The normalized spacial score (nSPS) is 13.5. The Kier molecular flexibility index (Phi) is 27.2. The number of urea groups is 1. The summed E-state index contributed by atoms with van der Waals surface area (Å²) in [5, 5.41) is 8.21. The van der Waals surface area contributed by atoms with Crippen molar-refractivity contribution in [3.63, 3.8) is 0 Å². The van der Waals surface area contributed by atoms with E-state index in [0.29, 0.717) is 91.2 Å². The SMILES string of the molecule is CCc1ccc(NC(=O)[C@H](CCCNC(N)=O)CC(=O)[C@@H](NC(=O)CCOCCOCCOCCOCCOCCOCCOCCN2C(=O)C=CC2=O)C(C)C)cc1. The van der Waals surface area contributed by atoms with E-state index in [1.807, 2.05) is 45.0 Å². The van der Waals surface area contributed by atoms with Crippen LogP contribution in [0.1, 0.15) is 52.0 Å². The lowest BCUT2D eigenvalue weighted by molar-refractivity contribution is -0.137. The number of nitrogens with zero attached hydrogens (tertiary/aromatic N) is 1. The van der Waals surface area contributed by atoms with Crippen molar-refractivity contribution in [2.75, 3.05) is 111 Å². The molecule has 0 saturated heterocycles. The number of carbonyl (C=O) groups is 6. The van der Waals surface area contributed by atoms with Crippen LogP contribution < -0.4 is 21.7 Å². The van der Waals surface area contributed by atoms with Crippen molar-refractivity contribution in [2.24, 2.45) is 17.6 Å². The first kappa shape index (κ1) is 50.8. The number of anilines is 1. The molecule has 0 radical (unpaired) electrons. The zero-order valence-electron chi connectivity index (χ0n) is 34.9. The van der Waals surface area contributed by atoms with Crippen molar-refractivity contribution in [1.82, 2.24) is 15.5 Å². The third kappa shape index (κ3) is 23.8. The molecule has 1 aromatic rings. The molecular formula is C41H65N5O13. The standard InChI is InChI=1S/C41H65N5O13/c1-4-32-7-9-34(10-8-32)44-40(51)33(6-5-14-43-41(42)52)30-35(47)39(31(2)3)45-36(48)13-16-53-18-20-55-22-24-57-26-28-59-29-27-58-25-23-56-21-19-54-17-15-46-37(49)11-12-38(46)50/h7-12,31,33,39H,4-6,13-30H2,1-3H3,(H,44,51)(H,45,48)(H3,42,43,52)/t33-,39+/m1/s1. The van der Waals surface area contributed by atoms with Gasteiger partial charge in [0.05, 0.1) is 105 Å². The van der Waals surface area contributed by atoms with Gasteiger partial charge in [0.15, 0.2) is 5.78 Å². The van der Waals surface area contributed by atoms with E-state index in [2.05, 4.69) is 16.0 Å². The van der Waals surface area contributed by atoms with Crippen LogP contribution in [0.15, 0.2) is 36.4 Å². The van der Waals surface area contributed by atoms with Crippen LogP contribution >= 0.6 is 0 Å². The Morgan fingerprint density at radius 2 is 1.17 bits per heavy atom. The lowest BCUT2D eigenvalue weighted by Crippen LogP contribution is -2.45. The van der Waals surface area contributed by atoms with Gasteiger partial charge in [0, 0.05) is 43.1 Å². The molecule has 5 N–H and O–H groups in total. The fraction of sp³-hybridized carbons (Fsp3) is 0.659. The monoisotopic (exact) mass is 835 g/mol. The molecule has 0 spiro atoms. The first-order chi connectivity index (χ1) is 28.5. The van der Waals surface area contributed by atoms with Gasteiger partial charge in [-0.15, -0.1) is 0 Å². The van der Waals surface area contributed by atoms with E-state index in [1.54, 1.807) is 0 Å². The van der Waals surface area contributed by atoms with E-state index >= 15 is 0 Å². The molecule has 18 nitrogen and oxygen atoms in total. The summed E-state index contributed by atoms with van der Waals surface area (Å²) in [6.45, 7) is 11.2. The minimum atomic E-state index is -0.781.